The monoisotopic (exact) mass is 329 g/mol. The number of sulfonamides is 1. The number of aryl methyl sites for hydroxylation is 2. The minimum atomic E-state index is -3.12. The van der Waals surface area contributed by atoms with Crippen molar-refractivity contribution in [2.75, 3.05) is 32.5 Å². The van der Waals surface area contributed by atoms with Crippen LogP contribution in [0.2, 0.25) is 0 Å². The van der Waals surface area contributed by atoms with Gasteiger partial charge in [-0.05, 0) is 56.1 Å². The maximum Gasteiger partial charge on any atom is 0.208 e. The number of ether oxygens (including phenoxy) is 1. The van der Waals surface area contributed by atoms with Crippen molar-refractivity contribution in [1.82, 2.24) is 10.0 Å². The van der Waals surface area contributed by atoms with E-state index in [-0.39, 0.29) is 6.61 Å². The molecule has 6 nitrogen and oxygen atoms in total. The quantitative estimate of drug-likeness (QED) is 0.540. The molecule has 0 aliphatic carbocycles. The highest BCUT2D eigenvalue weighted by Gasteiger charge is 2.08. The van der Waals surface area contributed by atoms with Crippen molar-refractivity contribution in [2.45, 2.75) is 26.4 Å². The average molecular weight is 329 g/mol. The van der Waals surface area contributed by atoms with Gasteiger partial charge in [-0.3, -0.25) is 0 Å². The normalized spacial score (nSPS) is 13.1. The number of aliphatic hydroxyl groups is 1. The van der Waals surface area contributed by atoms with Crippen molar-refractivity contribution in [3.05, 3.63) is 29.3 Å². The van der Waals surface area contributed by atoms with Crippen LogP contribution in [0.5, 0.6) is 5.75 Å². The Balaban J connectivity index is 2.18. The second kappa shape index (κ2) is 9.09. The Morgan fingerprint density at radius 1 is 1.27 bits per heavy atom. The molecule has 0 bridgehead atoms. The lowest BCUT2D eigenvalue weighted by Crippen LogP contribution is -2.33. The third kappa shape index (κ3) is 7.74. The van der Waals surface area contributed by atoms with Crippen LogP contribution in [-0.4, -0.2) is 52.1 Å². The predicted octanol–water partition coefficient (Wildman–Crippen LogP) is 0.372. The zero-order chi connectivity index (χ0) is 16.6. The van der Waals surface area contributed by atoms with Gasteiger partial charge in [-0.1, -0.05) is 0 Å². The molecule has 0 aliphatic heterocycles. The second-order valence-corrected chi connectivity index (χ2v) is 7.17. The molecule has 1 atom stereocenters. The molecule has 1 rings (SSSR count). The zero-order valence-electron chi connectivity index (χ0n) is 13.3. The highest BCUT2D eigenvalue weighted by molar-refractivity contribution is 7.88. The molecule has 0 aliphatic rings. The summed E-state index contributed by atoms with van der Waals surface area (Å²) in [5, 5.41) is 12.9. The molecule has 1 aromatic rings. The highest BCUT2D eigenvalue weighted by atomic mass is 32.2. The molecule has 0 amide bonds. The SMILES string of the molecule is Cc1c[c]cc(C)c1OCC(O)CNCCCNS(C)(=O)=O. The van der Waals surface area contributed by atoms with E-state index in [4.69, 9.17) is 4.74 Å². The van der Waals surface area contributed by atoms with E-state index in [0.717, 1.165) is 23.1 Å². The Bertz CT molecular complexity index is 540. The minimum absolute atomic E-state index is 0.209. The van der Waals surface area contributed by atoms with Crippen LogP contribution in [0.1, 0.15) is 17.5 Å². The first-order valence-corrected chi connectivity index (χ1v) is 9.12. The molecule has 1 aromatic carbocycles. The van der Waals surface area contributed by atoms with E-state index < -0.39 is 16.1 Å². The number of aliphatic hydroxyl groups excluding tert-OH is 1. The number of nitrogens with one attached hydrogen (secondary N) is 2. The van der Waals surface area contributed by atoms with E-state index in [0.29, 0.717) is 26.1 Å². The average Bonchev–Trinajstić information content (AvgIpc) is 2.41. The lowest BCUT2D eigenvalue weighted by atomic mass is 10.1. The Morgan fingerprint density at radius 2 is 1.91 bits per heavy atom. The maximum absolute atomic E-state index is 10.9. The van der Waals surface area contributed by atoms with Crippen molar-refractivity contribution < 1.29 is 18.3 Å². The Kier molecular flexibility index (Phi) is 7.81. The summed E-state index contributed by atoms with van der Waals surface area (Å²) in [6.45, 7) is 5.50. The standard InChI is InChI=1S/C15H25N2O4S/c1-12-6-4-7-13(2)15(12)21-11-14(18)10-16-8-5-9-17-22(3,19)20/h6-7,14,16-18H,5,8-11H2,1-3H3. The summed E-state index contributed by atoms with van der Waals surface area (Å²) in [4.78, 5) is 0. The summed E-state index contributed by atoms with van der Waals surface area (Å²) in [6.07, 6.45) is 1.17. The first-order valence-electron chi connectivity index (χ1n) is 7.23. The van der Waals surface area contributed by atoms with Crippen molar-refractivity contribution in [3.63, 3.8) is 0 Å². The lowest BCUT2D eigenvalue weighted by molar-refractivity contribution is 0.106. The third-order valence-corrected chi connectivity index (χ3v) is 3.74. The van der Waals surface area contributed by atoms with Gasteiger partial charge >= 0.3 is 0 Å². The first kappa shape index (κ1) is 18.9. The Labute approximate surface area is 132 Å². The molecule has 3 N–H and O–H groups in total. The first-order chi connectivity index (χ1) is 10.3. The summed E-state index contributed by atoms with van der Waals surface area (Å²) < 4.78 is 29.8. The van der Waals surface area contributed by atoms with Crippen molar-refractivity contribution >= 4 is 10.0 Å². The zero-order valence-corrected chi connectivity index (χ0v) is 14.2. The molecule has 0 aromatic heterocycles. The smallest absolute Gasteiger partial charge is 0.208 e. The van der Waals surface area contributed by atoms with Gasteiger partial charge in [0.25, 0.3) is 0 Å². The number of hydrogen-bond acceptors (Lipinski definition) is 5. The molecule has 7 heteroatoms. The van der Waals surface area contributed by atoms with Gasteiger partial charge in [-0.2, -0.15) is 0 Å². The summed E-state index contributed by atoms with van der Waals surface area (Å²) >= 11 is 0. The fraction of sp³-hybridized carbons (Fsp3) is 0.600. The Morgan fingerprint density at radius 3 is 2.50 bits per heavy atom. The molecule has 22 heavy (non-hydrogen) atoms. The molecule has 1 radical (unpaired) electrons. The third-order valence-electron chi connectivity index (χ3n) is 3.01. The molecule has 0 saturated heterocycles. The van der Waals surface area contributed by atoms with Crippen LogP contribution in [0.4, 0.5) is 0 Å². The van der Waals surface area contributed by atoms with Crippen LogP contribution in [-0.2, 0) is 10.0 Å². The van der Waals surface area contributed by atoms with E-state index >= 15 is 0 Å². The summed E-state index contributed by atoms with van der Waals surface area (Å²) in [6, 6.07) is 6.72. The van der Waals surface area contributed by atoms with E-state index in [1.54, 1.807) is 0 Å². The molecule has 0 spiro atoms. The molecule has 125 valence electrons. The van der Waals surface area contributed by atoms with E-state index in [1.165, 1.54) is 0 Å². The van der Waals surface area contributed by atoms with Gasteiger partial charge < -0.3 is 15.2 Å². The van der Waals surface area contributed by atoms with Crippen LogP contribution >= 0.6 is 0 Å². The topological polar surface area (TPSA) is 87.7 Å². The van der Waals surface area contributed by atoms with Crippen molar-refractivity contribution in [1.29, 1.82) is 0 Å². The van der Waals surface area contributed by atoms with Crippen LogP contribution in [0.25, 0.3) is 0 Å². The molecule has 0 fully saturated rings. The molecule has 0 saturated carbocycles. The van der Waals surface area contributed by atoms with Crippen LogP contribution in [0, 0.1) is 19.9 Å². The fourth-order valence-corrected chi connectivity index (χ4v) is 2.45. The number of rotatable bonds is 10. The predicted molar refractivity (Wildman–Crippen MR) is 86.6 cm³/mol. The molecule has 0 heterocycles. The van der Waals surface area contributed by atoms with Gasteiger partial charge in [0.05, 0.1) is 6.26 Å². The minimum Gasteiger partial charge on any atom is -0.490 e. The second-order valence-electron chi connectivity index (χ2n) is 5.34. The highest BCUT2D eigenvalue weighted by Crippen LogP contribution is 2.21. The van der Waals surface area contributed by atoms with Crippen LogP contribution in [0.3, 0.4) is 0 Å². The lowest BCUT2D eigenvalue weighted by Gasteiger charge is -2.16. The maximum atomic E-state index is 10.9. The summed E-state index contributed by atoms with van der Waals surface area (Å²) in [5.74, 6) is 0.787. The van der Waals surface area contributed by atoms with E-state index in [2.05, 4.69) is 16.1 Å². The largest absolute Gasteiger partial charge is 0.490 e. The van der Waals surface area contributed by atoms with Crippen LogP contribution in [0.15, 0.2) is 12.1 Å². The number of benzene rings is 1. The van der Waals surface area contributed by atoms with E-state index in [1.807, 2.05) is 26.0 Å². The summed E-state index contributed by atoms with van der Waals surface area (Å²) in [7, 11) is -3.12. The number of hydrogen-bond donors (Lipinski definition) is 3. The van der Waals surface area contributed by atoms with Gasteiger partial charge in [-0.15, -0.1) is 0 Å². The van der Waals surface area contributed by atoms with Gasteiger partial charge in [0, 0.05) is 13.1 Å². The van der Waals surface area contributed by atoms with Gasteiger partial charge in [0.15, 0.2) is 0 Å². The van der Waals surface area contributed by atoms with Crippen molar-refractivity contribution in [2.24, 2.45) is 0 Å². The van der Waals surface area contributed by atoms with Crippen molar-refractivity contribution in [3.8, 4) is 5.75 Å². The molecular formula is C15H25N2O4S. The van der Waals surface area contributed by atoms with Gasteiger partial charge in [-0.25, -0.2) is 13.1 Å². The fourth-order valence-electron chi connectivity index (χ4n) is 1.94. The van der Waals surface area contributed by atoms with Crippen LogP contribution < -0.4 is 14.8 Å². The summed E-state index contributed by atoms with van der Waals surface area (Å²) in [5.41, 5.74) is 1.99. The van der Waals surface area contributed by atoms with Gasteiger partial charge in [0.2, 0.25) is 10.0 Å². The molecule has 1 unspecified atom stereocenters. The molecular weight excluding hydrogens is 304 g/mol. The van der Waals surface area contributed by atoms with Gasteiger partial charge in [0.1, 0.15) is 18.5 Å². The van der Waals surface area contributed by atoms with E-state index in [9.17, 15) is 13.5 Å². The Hall–Kier alpha value is -1.15.